The molecule has 0 atom stereocenters. The van der Waals surface area contributed by atoms with Crippen molar-refractivity contribution in [3.05, 3.63) is 82.7 Å². The fourth-order valence-electron chi connectivity index (χ4n) is 4.39. The number of thiazole rings is 1. The zero-order chi connectivity index (χ0) is 26.5. The van der Waals surface area contributed by atoms with E-state index in [4.69, 9.17) is 26.3 Å². The third kappa shape index (κ3) is 5.49. The first-order valence-corrected chi connectivity index (χ1v) is 14.3. The largest absolute Gasteiger partial charge is 0.494 e. The summed E-state index contributed by atoms with van der Waals surface area (Å²) >= 11 is 9.06. The molecule has 38 heavy (non-hydrogen) atoms. The van der Waals surface area contributed by atoms with Gasteiger partial charge in [0.15, 0.2) is 0 Å². The summed E-state index contributed by atoms with van der Waals surface area (Å²) in [6, 6.07) is 19.7. The summed E-state index contributed by atoms with van der Waals surface area (Å²) in [6.45, 7) is 5.71. The number of benzene rings is 2. The Morgan fingerprint density at radius 1 is 0.974 bits per heavy atom. The molecule has 1 fully saturated rings. The molecule has 0 saturated carbocycles. The van der Waals surface area contributed by atoms with E-state index in [-0.39, 0.29) is 0 Å². The van der Waals surface area contributed by atoms with Crippen molar-refractivity contribution in [1.29, 1.82) is 10.5 Å². The van der Waals surface area contributed by atoms with Gasteiger partial charge in [0.25, 0.3) is 0 Å². The van der Waals surface area contributed by atoms with Crippen LogP contribution in [-0.4, -0.2) is 29.7 Å². The highest BCUT2D eigenvalue weighted by molar-refractivity contribution is 7.98. The number of pyridine rings is 1. The van der Waals surface area contributed by atoms with Crippen molar-refractivity contribution in [1.82, 2.24) is 9.97 Å². The summed E-state index contributed by atoms with van der Waals surface area (Å²) in [4.78, 5) is 11.8. The highest BCUT2D eigenvalue weighted by Crippen LogP contribution is 2.40. The second kappa shape index (κ2) is 11.9. The van der Waals surface area contributed by atoms with Crippen LogP contribution in [0.15, 0.2) is 58.9 Å². The normalized spacial score (nSPS) is 12.8. The molecule has 2 aromatic heterocycles. The summed E-state index contributed by atoms with van der Waals surface area (Å²) in [5.41, 5.74) is 4.12. The van der Waals surface area contributed by atoms with Gasteiger partial charge in [-0.2, -0.15) is 10.5 Å². The van der Waals surface area contributed by atoms with Crippen molar-refractivity contribution in [2.24, 2.45) is 0 Å². The summed E-state index contributed by atoms with van der Waals surface area (Å²) in [6.07, 6.45) is 2.10. The minimum atomic E-state index is 0.317. The van der Waals surface area contributed by atoms with Gasteiger partial charge >= 0.3 is 0 Å². The first-order chi connectivity index (χ1) is 18.6. The van der Waals surface area contributed by atoms with Crippen LogP contribution in [0.2, 0.25) is 5.02 Å². The number of hydrogen-bond acceptors (Lipinski definition) is 8. The third-order valence-corrected chi connectivity index (χ3v) is 8.39. The minimum Gasteiger partial charge on any atom is -0.494 e. The smallest absolute Gasteiger partial charge is 0.148 e. The Labute approximate surface area is 235 Å². The lowest BCUT2D eigenvalue weighted by atomic mass is 9.96. The average molecular weight is 557 g/mol. The topological polar surface area (TPSA) is 85.8 Å². The molecule has 6 nitrogen and oxygen atoms in total. The maximum atomic E-state index is 10.3. The number of ether oxygens (including phenoxy) is 1. The van der Waals surface area contributed by atoms with Crippen LogP contribution in [0, 0.1) is 29.6 Å². The molecular formula is C29H23ClN5OS2. The van der Waals surface area contributed by atoms with Crippen LogP contribution in [0.5, 0.6) is 5.75 Å². The predicted octanol–water partition coefficient (Wildman–Crippen LogP) is 7.37. The van der Waals surface area contributed by atoms with Gasteiger partial charge in [-0.3, -0.25) is 0 Å². The Hall–Kier alpha value is -3.56. The molecule has 4 aromatic rings. The highest BCUT2D eigenvalue weighted by Gasteiger charge is 2.26. The Kier molecular flexibility index (Phi) is 8.14. The first kappa shape index (κ1) is 26.1. The molecular weight excluding hydrogens is 534 g/mol. The summed E-state index contributed by atoms with van der Waals surface area (Å²) < 4.78 is 5.49. The number of nitriles is 2. The van der Waals surface area contributed by atoms with E-state index >= 15 is 0 Å². The summed E-state index contributed by atoms with van der Waals surface area (Å²) in [7, 11) is 0. The van der Waals surface area contributed by atoms with E-state index in [0.717, 1.165) is 47.8 Å². The first-order valence-electron chi connectivity index (χ1n) is 12.1. The van der Waals surface area contributed by atoms with Crippen molar-refractivity contribution in [2.75, 3.05) is 24.6 Å². The van der Waals surface area contributed by atoms with E-state index in [2.05, 4.69) is 24.0 Å². The number of rotatable bonds is 8. The molecule has 0 amide bonds. The third-order valence-electron chi connectivity index (χ3n) is 6.19. The van der Waals surface area contributed by atoms with E-state index in [1.165, 1.54) is 11.8 Å². The molecule has 2 aromatic carbocycles. The molecule has 3 heterocycles. The number of thioether (sulfide) groups is 1. The Balaban J connectivity index is 1.52. The van der Waals surface area contributed by atoms with Gasteiger partial charge in [-0.1, -0.05) is 47.6 Å². The van der Waals surface area contributed by atoms with E-state index in [1.807, 2.05) is 53.9 Å². The van der Waals surface area contributed by atoms with E-state index in [9.17, 15) is 10.5 Å². The molecule has 0 spiro atoms. The van der Waals surface area contributed by atoms with Gasteiger partial charge < -0.3 is 9.64 Å². The van der Waals surface area contributed by atoms with Crippen molar-refractivity contribution < 1.29 is 4.74 Å². The molecule has 0 N–H and O–H groups in total. The maximum absolute atomic E-state index is 10.3. The highest BCUT2D eigenvalue weighted by atomic mass is 35.5. The predicted molar refractivity (Wildman–Crippen MR) is 154 cm³/mol. The molecule has 1 radical (unpaired) electrons. The van der Waals surface area contributed by atoms with Crippen LogP contribution >= 0.6 is 34.7 Å². The number of hydrogen-bond donors (Lipinski definition) is 0. The van der Waals surface area contributed by atoms with E-state index in [1.54, 1.807) is 11.3 Å². The fourth-order valence-corrected chi connectivity index (χ4v) is 6.32. The number of halogens is 1. The van der Waals surface area contributed by atoms with Crippen LogP contribution in [0.3, 0.4) is 0 Å². The number of anilines is 1. The second-order valence-corrected chi connectivity index (χ2v) is 10.9. The maximum Gasteiger partial charge on any atom is 0.148 e. The van der Waals surface area contributed by atoms with Gasteiger partial charge in [0.1, 0.15) is 39.3 Å². The van der Waals surface area contributed by atoms with Gasteiger partial charge in [0, 0.05) is 40.4 Å². The molecule has 0 aliphatic carbocycles. The number of nitrogens with zero attached hydrogens (tertiary/aromatic N) is 5. The van der Waals surface area contributed by atoms with Crippen molar-refractivity contribution in [3.63, 3.8) is 0 Å². The zero-order valence-corrected chi connectivity index (χ0v) is 22.9. The van der Waals surface area contributed by atoms with E-state index in [0.29, 0.717) is 50.7 Å². The lowest BCUT2D eigenvalue weighted by Crippen LogP contribution is -2.21. The van der Waals surface area contributed by atoms with Gasteiger partial charge in [-0.15, -0.1) is 11.3 Å². The SMILES string of the molecule is [CH2]COc1ccc(-c2c(C#N)c(SCc3csc(-c4ccc(Cl)cc4)n3)nc(N3CCCC3)c2C#N)cc1. The molecule has 5 rings (SSSR count). The quantitative estimate of drug-likeness (QED) is 0.209. The molecule has 1 aliphatic heterocycles. The molecule has 0 unspecified atom stereocenters. The Morgan fingerprint density at radius 2 is 1.66 bits per heavy atom. The Bertz CT molecular complexity index is 1520. The van der Waals surface area contributed by atoms with Crippen molar-refractivity contribution >= 4 is 40.5 Å². The molecule has 1 saturated heterocycles. The molecule has 0 bridgehead atoms. The summed E-state index contributed by atoms with van der Waals surface area (Å²) in [5, 5.41) is 24.7. The lowest BCUT2D eigenvalue weighted by Gasteiger charge is -2.22. The monoisotopic (exact) mass is 556 g/mol. The molecule has 189 valence electrons. The zero-order valence-electron chi connectivity index (χ0n) is 20.5. The van der Waals surface area contributed by atoms with Gasteiger partial charge in [0.05, 0.1) is 17.9 Å². The van der Waals surface area contributed by atoms with Crippen molar-refractivity contribution in [2.45, 2.75) is 23.6 Å². The average Bonchev–Trinajstić information content (AvgIpc) is 3.65. The molecule has 9 heteroatoms. The lowest BCUT2D eigenvalue weighted by molar-refractivity contribution is 0.361. The standard InChI is InChI=1S/C29H23ClN5OS2/c1-2-36-23-11-7-19(8-12-23)26-24(15-31)27(35-13-3-4-14-35)34-29(25(26)16-32)38-18-22-17-37-28(33-22)20-5-9-21(30)10-6-20/h5-12,17H,1-4,13-14,18H2. The molecule has 1 aliphatic rings. The van der Waals surface area contributed by atoms with Crippen LogP contribution in [-0.2, 0) is 5.75 Å². The van der Waals surface area contributed by atoms with Crippen molar-refractivity contribution in [3.8, 4) is 39.6 Å². The fraction of sp³-hybridized carbons (Fsp3) is 0.207. The van der Waals surface area contributed by atoms with Crippen LogP contribution in [0.1, 0.15) is 29.7 Å². The summed E-state index contributed by atoms with van der Waals surface area (Å²) in [5.74, 6) is 1.87. The number of aromatic nitrogens is 2. The van der Waals surface area contributed by atoms with Crippen LogP contribution in [0.25, 0.3) is 21.7 Å². The minimum absolute atomic E-state index is 0.317. The van der Waals surface area contributed by atoms with Crippen LogP contribution in [0.4, 0.5) is 5.82 Å². The van der Waals surface area contributed by atoms with Crippen LogP contribution < -0.4 is 9.64 Å². The Morgan fingerprint density at radius 3 is 2.32 bits per heavy atom. The van der Waals surface area contributed by atoms with Gasteiger partial charge in [0.2, 0.25) is 0 Å². The van der Waals surface area contributed by atoms with Gasteiger partial charge in [-0.05, 0) is 49.6 Å². The second-order valence-electron chi connectivity index (χ2n) is 8.60. The van der Waals surface area contributed by atoms with E-state index < -0.39 is 0 Å². The van der Waals surface area contributed by atoms with Gasteiger partial charge in [-0.25, -0.2) is 9.97 Å².